The predicted molar refractivity (Wildman–Crippen MR) is 79.4 cm³/mol. The van der Waals surface area contributed by atoms with E-state index in [1.807, 2.05) is 0 Å². The highest BCUT2D eigenvalue weighted by Crippen LogP contribution is 2.34. The zero-order chi connectivity index (χ0) is 15.5. The van der Waals surface area contributed by atoms with Gasteiger partial charge in [0.05, 0.1) is 16.6 Å². The molecule has 0 aliphatic carbocycles. The molecule has 0 aliphatic heterocycles. The number of rotatable bonds is 5. The number of carboxylic acids is 1. The molecule has 108 valence electrons. The minimum atomic E-state index is -4.21. The maximum Gasteiger partial charge on any atom is 0.318 e. The molecule has 1 rings (SSSR count). The molecule has 0 saturated carbocycles. The van der Waals surface area contributed by atoms with Crippen molar-refractivity contribution in [1.29, 1.82) is 0 Å². The molecule has 0 aromatic heterocycles. The van der Waals surface area contributed by atoms with Crippen LogP contribution in [0.2, 0.25) is 10.0 Å². The first-order chi connectivity index (χ1) is 9.20. The minimum Gasteiger partial charge on any atom is -0.480 e. The highest BCUT2D eigenvalue weighted by molar-refractivity contribution is 9.10. The average Bonchev–Trinajstić information content (AvgIpc) is 2.25. The first kappa shape index (κ1) is 17.3. The van der Waals surface area contributed by atoms with Crippen molar-refractivity contribution in [2.24, 2.45) is 0 Å². The second-order valence-corrected chi connectivity index (χ2v) is 7.17. The number of nitrogens with zero attached hydrogens (tertiary/aromatic N) is 1. The molecule has 1 aromatic rings. The molecule has 0 heterocycles. The van der Waals surface area contributed by atoms with Crippen LogP contribution in [-0.4, -0.2) is 36.9 Å². The van der Waals surface area contributed by atoms with Crippen LogP contribution in [0.15, 0.2) is 21.5 Å². The van der Waals surface area contributed by atoms with Crippen molar-refractivity contribution in [3.05, 3.63) is 26.7 Å². The van der Waals surface area contributed by atoms with Gasteiger partial charge in [-0.3, -0.25) is 4.79 Å². The van der Waals surface area contributed by atoms with Crippen molar-refractivity contribution in [2.75, 3.05) is 13.1 Å². The number of hydrogen-bond acceptors (Lipinski definition) is 3. The van der Waals surface area contributed by atoms with Gasteiger partial charge in [0.25, 0.3) is 0 Å². The van der Waals surface area contributed by atoms with E-state index in [1.165, 1.54) is 12.1 Å². The van der Waals surface area contributed by atoms with E-state index in [0.29, 0.717) is 8.78 Å². The summed E-state index contributed by atoms with van der Waals surface area (Å²) in [5, 5.41) is 8.50. The molecule has 1 N–H and O–H groups in total. The van der Waals surface area contributed by atoms with E-state index < -0.39 is 29.1 Å². The van der Waals surface area contributed by atoms with Crippen LogP contribution in [0, 0.1) is 12.3 Å². The van der Waals surface area contributed by atoms with Crippen LogP contribution in [0.3, 0.4) is 0 Å². The molecule has 0 atom stereocenters. The Morgan fingerprint density at radius 2 is 1.90 bits per heavy atom. The predicted octanol–water partition coefficient (Wildman–Crippen LogP) is 2.46. The lowest BCUT2D eigenvalue weighted by molar-refractivity contribution is -0.137. The zero-order valence-corrected chi connectivity index (χ0v) is 13.7. The van der Waals surface area contributed by atoms with Crippen molar-refractivity contribution in [3.8, 4) is 12.3 Å². The number of benzene rings is 1. The van der Waals surface area contributed by atoms with Gasteiger partial charge in [0.1, 0.15) is 11.4 Å². The summed E-state index contributed by atoms with van der Waals surface area (Å²) in [5.41, 5.74) is 0. The Kier molecular flexibility index (Phi) is 5.86. The van der Waals surface area contributed by atoms with E-state index in [1.54, 1.807) is 0 Å². The fourth-order valence-electron chi connectivity index (χ4n) is 1.38. The van der Waals surface area contributed by atoms with Crippen LogP contribution in [0.1, 0.15) is 0 Å². The van der Waals surface area contributed by atoms with E-state index in [2.05, 4.69) is 21.9 Å². The summed E-state index contributed by atoms with van der Waals surface area (Å²) in [6.07, 6.45) is 5.06. The fraction of sp³-hybridized carbons (Fsp3) is 0.182. The Labute approximate surface area is 134 Å². The van der Waals surface area contributed by atoms with Crippen LogP contribution in [0.25, 0.3) is 0 Å². The summed E-state index contributed by atoms with van der Waals surface area (Å²) in [6.45, 7) is -1.19. The molecule has 0 bridgehead atoms. The number of hydrogen-bond donors (Lipinski definition) is 1. The second-order valence-electron chi connectivity index (χ2n) is 3.57. The Morgan fingerprint density at radius 1 is 1.40 bits per heavy atom. The van der Waals surface area contributed by atoms with Gasteiger partial charge in [0.2, 0.25) is 10.0 Å². The number of aliphatic carboxylic acids is 1. The van der Waals surface area contributed by atoms with Gasteiger partial charge in [-0.15, -0.1) is 6.42 Å². The smallest absolute Gasteiger partial charge is 0.318 e. The molecule has 0 fully saturated rings. The van der Waals surface area contributed by atoms with Gasteiger partial charge >= 0.3 is 5.97 Å². The van der Waals surface area contributed by atoms with Crippen molar-refractivity contribution in [3.63, 3.8) is 0 Å². The monoisotopic (exact) mass is 399 g/mol. The number of sulfonamides is 1. The van der Waals surface area contributed by atoms with E-state index >= 15 is 0 Å². The van der Waals surface area contributed by atoms with Gasteiger partial charge < -0.3 is 5.11 Å². The van der Waals surface area contributed by atoms with E-state index in [-0.39, 0.29) is 14.9 Å². The van der Waals surface area contributed by atoms with E-state index in [4.69, 9.17) is 34.7 Å². The Hall–Kier alpha value is -0.780. The van der Waals surface area contributed by atoms with Gasteiger partial charge in [-0.25, -0.2) is 8.42 Å². The van der Waals surface area contributed by atoms with E-state index in [9.17, 15) is 13.2 Å². The normalized spacial score (nSPS) is 11.3. The second kappa shape index (κ2) is 6.78. The first-order valence-electron chi connectivity index (χ1n) is 5.00. The Morgan fingerprint density at radius 3 is 2.30 bits per heavy atom. The zero-order valence-electron chi connectivity index (χ0n) is 9.81. The van der Waals surface area contributed by atoms with Gasteiger partial charge in [-0.1, -0.05) is 45.1 Å². The molecule has 0 radical (unpaired) electrons. The maximum absolute atomic E-state index is 12.4. The lowest BCUT2D eigenvalue weighted by Crippen LogP contribution is -2.36. The van der Waals surface area contributed by atoms with Crippen molar-refractivity contribution in [2.45, 2.75) is 4.90 Å². The third-order valence-electron chi connectivity index (χ3n) is 2.14. The van der Waals surface area contributed by atoms with Gasteiger partial charge in [0.15, 0.2) is 0 Å². The molecule has 0 unspecified atom stereocenters. The third kappa shape index (κ3) is 3.87. The summed E-state index contributed by atoms with van der Waals surface area (Å²) >= 11 is 14.9. The molecule has 5 nitrogen and oxygen atoms in total. The summed E-state index contributed by atoms with van der Waals surface area (Å²) in [5.74, 6) is 0.748. The van der Waals surface area contributed by atoms with E-state index in [0.717, 1.165) is 0 Å². The van der Waals surface area contributed by atoms with Gasteiger partial charge in [0, 0.05) is 4.47 Å². The summed E-state index contributed by atoms with van der Waals surface area (Å²) in [6, 6.07) is 2.68. The molecule has 0 spiro atoms. The molecule has 1 aromatic carbocycles. The molecule has 0 aliphatic rings. The van der Waals surface area contributed by atoms with Gasteiger partial charge in [-0.05, 0) is 12.1 Å². The molecule has 9 heteroatoms. The average molecular weight is 401 g/mol. The molecular weight excluding hydrogens is 393 g/mol. The van der Waals surface area contributed by atoms with Crippen LogP contribution >= 0.6 is 39.1 Å². The largest absolute Gasteiger partial charge is 0.480 e. The highest BCUT2D eigenvalue weighted by atomic mass is 79.9. The van der Waals surface area contributed by atoms with Crippen molar-refractivity contribution in [1.82, 2.24) is 4.31 Å². The standard InChI is InChI=1S/C11H8BrCl2NO4S/c1-2-3-15(6-10(16)17)20(18,19)11-8(13)4-7(12)5-9(11)14/h1,4-5H,3,6H2,(H,16,17). The summed E-state index contributed by atoms with van der Waals surface area (Å²) in [4.78, 5) is 10.4. The van der Waals surface area contributed by atoms with Crippen LogP contribution in [0.4, 0.5) is 0 Å². The highest BCUT2D eigenvalue weighted by Gasteiger charge is 2.30. The van der Waals surface area contributed by atoms with Crippen molar-refractivity contribution < 1.29 is 18.3 Å². The third-order valence-corrected chi connectivity index (χ3v) is 5.31. The fourth-order valence-corrected chi connectivity index (χ4v) is 4.57. The number of carboxylic acid groups (broad SMARTS) is 1. The number of terminal acetylenes is 1. The molecule has 0 saturated heterocycles. The lowest BCUT2D eigenvalue weighted by atomic mass is 10.4. The Balaban J connectivity index is 3.41. The van der Waals surface area contributed by atoms with Crippen LogP contribution in [-0.2, 0) is 14.8 Å². The lowest BCUT2D eigenvalue weighted by Gasteiger charge is -2.19. The number of carbonyl (C=O) groups is 1. The quantitative estimate of drug-likeness (QED) is 0.770. The Bertz CT molecular complexity index is 661. The first-order valence-corrected chi connectivity index (χ1v) is 7.99. The molecule has 20 heavy (non-hydrogen) atoms. The summed E-state index contributed by atoms with van der Waals surface area (Å²) < 4.78 is 25.9. The maximum atomic E-state index is 12.4. The van der Waals surface area contributed by atoms with Gasteiger partial charge in [-0.2, -0.15) is 4.31 Å². The van der Waals surface area contributed by atoms with Crippen LogP contribution in [0.5, 0.6) is 0 Å². The van der Waals surface area contributed by atoms with Crippen LogP contribution < -0.4 is 0 Å². The number of halogens is 3. The minimum absolute atomic E-state index is 0.128. The SMILES string of the molecule is C#CCN(CC(=O)O)S(=O)(=O)c1c(Cl)cc(Br)cc1Cl. The van der Waals surface area contributed by atoms with Crippen molar-refractivity contribution >= 4 is 55.1 Å². The molecular formula is C11H8BrCl2NO4S. The molecule has 0 amide bonds. The topological polar surface area (TPSA) is 74.7 Å². The summed E-state index contributed by atoms with van der Waals surface area (Å²) in [7, 11) is -4.21.